The van der Waals surface area contributed by atoms with Gasteiger partial charge in [0.1, 0.15) is 24.8 Å². The summed E-state index contributed by atoms with van der Waals surface area (Å²) in [5.41, 5.74) is 2.23. The fourth-order valence-electron chi connectivity index (χ4n) is 1.97. The smallest absolute Gasteiger partial charge is 0.238 e. The monoisotopic (exact) mass is 309 g/mol. The van der Waals surface area contributed by atoms with Gasteiger partial charge in [-0.25, -0.2) is 9.67 Å². The minimum absolute atomic E-state index is 0.160. The predicted molar refractivity (Wildman–Crippen MR) is 79.8 cm³/mol. The zero-order valence-electron chi connectivity index (χ0n) is 12.3. The topological polar surface area (TPSA) is 77.2 Å². The Morgan fingerprint density at radius 1 is 1.33 bits per heavy atom. The molecule has 0 saturated carbocycles. The Labute approximate surface area is 126 Å². The van der Waals surface area contributed by atoms with Gasteiger partial charge in [-0.1, -0.05) is 6.07 Å². The zero-order valence-corrected chi connectivity index (χ0v) is 13.1. The van der Waals surface area contributed by atoms with E-state index in [1.807, 2.05) is 26.0 Å². The number of aliphatic hydroxyl groups is 1. The second-order valence-electron chi connectivity index (χ2n) is 4.99. The number of aryl methyl sites for hydroxylation is 2. The van der Waals surface area contributed by atoms with Crippen molar-refractivity contribution < 1.29 is 14.1 Å². The van der Waals surface area contributed by atoms with Crippen LogP contribution in [0.2, 0.25) is 0 Å². The largest absolute Gasteiger partial charge is 0.491 e. The van der Waals surface area contributed by atoms with E-state index in [2.05, 4.69) is 16.1 Å². The Morgan fingerprint density at radius 3 is 2.57 bits per heavy atom. The SMILES string of the molecule is Cc1cc(C)cc(OCC(O)Cn2cnc(S(C)=O)n2)c1. The third kappa shape index (κ3) is 4.64. The molecule has 0 aliphatic rings. The molecule has 1 N–H and O–H groups in total. The molecule has 114 valence electrons. The van der Waals surface area contributed by atoms with E-state index >= 15 is 0 Å². The van der Waals surface area contributed by atoms with Crippen molar-refractivity contribution in [1.29, 1.82) is 0 Å². The maximum atomic E-state index is 11.2. The maximum absolute atomic E-state index is 11.2. The molecule has 7 heteroatoms. The zero-order chi connectivity index (χ0) is 15.4. The van der Waals surface area contributed by atoms with Crippen LogP contribution in [-0.2, 0) is 17.3 Å². The van der Waals surface area contributed by atoms with E-state index in [1.54, 1.807) is 0 Å². The number of hydrogen-bond donors (Lipinski definition) is 1. The molecule has 0 aliphatic heterocycles. The van der Waals surface area contributed by atoms with Gasteiger partial charge in [0.15, 0.2) is 0 Å². The highest BCUT2D eigenvalue weighted by molar-refractivity contribution is 7.84. The Morgan fingerprint density at radius 2 is 2.00 bits per heavy atom. The van der Waals surface area contributed by atoms with Crippen LogP contribution in [0.3, 0.4) is 0 Å². The average molecular weight is 309 g/mol. The lowest BCUT2D eigenvalue weighted by Gasteiger charge is -2.13. The molecule has 1 aromatic carbocycles. The molecule has 2 rings (SSSR count). The number of benzene rings is 1. The Hall–Kier alpha value is -1.73. The molecule has 2 atom stereocenters. The molecule has 0 bridgehead atoms. The van der Waals surface area contributed by atoms with Gasteiger partial charge < -0.3 is 9.84 Å². The van der Waals surface area contributed by atoms with Crippen molar-refractivity contribution in [2.45, 2.75) is 31.7 Å². The van der Waals surface area contributed by atoms with Crippen molar-refractivity contribution in [2.75, 3.05) is 12.9 Å². The molecule has 0 aliphatic carbocycles. The Balaban J connectivity index is 1.89. The van der Waals surface area contributed by atoms with Gasteiger partial charge >= 0.3 is 0 Å². The predicted octanol–water partition coefficient (Wildman–Crippen LogP) is 1.07. The summed E-state index contributed by atoms with van der Waals surface area (Å²) in [6, 6.07) is 5.91. The van der Waals surface area contributed by atoms with Crippen molar-refractivity contribution in [3.63, 3.8) is 0 Å². The molecular formula is C14H19N3O3S. The van der Waals surface area contributed by atoms with E-state index in [0.29, 0.717) is 0 Å². The number of ether oxygens (including phenoxy) is 1. The van der Waals surface area contributed by atoms with Crippen molar-refractivity contribution in [3.8, 4) is 5.75 Å². The van der Waals surface area contributed by atoms with Gasteiger partial charge in [-0.15, -0.1) is 5.10 Å². The van der Waals surface area contributed by atoms with E-state index in [1.165, 1.54) is 17.3 Å². The summed E-state index contributed by atoms with van der Waals surface area (Å²) in [6.07, 6.45) is 2.25. The first-order chi connectivity index (χ1) is 9.94. The summed E-state index contributed by atoms with van der Waals surface area (Å²) in [5, 5.41) is 14.2. The van der Waals surface area contributed by atoms with Crippen LogP contribution in [0.1, 0.15) is 11.1 Å². The van der Waals surface area contributed by atoms with Crippen molar-refractivity contribution in [3.05, 3.63) is 35.7 Å². The van der Waals surface area contributed by atoms with Crippen LogP contribution in [0.25, 0.3) is 0 Å². The fourth-order valence-corrected chi connectivity index (χ4v) is 2.39. The molecule has 1 aromatic heterocycles. The molecule has 0 radical (unpaired) electrons. The summed E-state index contributed by atoms with van der Waals surface area (Å²) in [5.74, 6) is 0.737. The standard InChI is InChI=1S/C14H19N3O3S/c1-10-4-11(2)6-13(5-10)20-8-12(18)7-17-9-15-14(16-17)21(3)19/h4-6,9,12,18H,7-8H2,1-3H3. The number of nitrogens with zero attached hydrogens (tertiary/aromatic N) is 3. The number of hydrogen-bond acceptors (Lipinski definition) is 5. The van der Waals surface area contributed by atoms with Crippen molar-refractivity contribution in [2.24, 2.45) is 0 Å². The van der Waals surface area contributed by atoms with Crippen LogP contribution < -0.4 is 4.74 Å². The normalized spacial score (nSPS) is 13.9. The molecular weight excluding hydrogens is 290 g/mol. The van der Waals surface area contributed by atoms with Gasteiger partial charge in [-0.3, -0.25) is 4.21 Å². The van der Waals surface area contributed by atoms with Gasteiger partial charge in [0, 0.05) is 6.26 Å². The molecule has 1 heterocycles. The molecule has 0 amide bonds. The molecule has 0 spiro atoms. The number of aliphatic hydroxyl groups excluding tert-OH is 1. The summed E-state index contributed by atoms with van der Waals surface area (Å²) >= 11 is 0. The highest BCUT2D eigenvalue weighted by atomic mass is 32.2. The summed E-state index contributed by atoms with van der Waals surface area (Å²) in [7, 11) is -1.22. The Bertz CT molecular complexity index is 622. The second kappa shape index (κ2) is 6.82. The molecule has 0 saturated heterocycles. The van der Waals surface area contributed by atoms with Crippen LogP contribution in [-0.4, -0.2) is 43.0 Å². The van der Waals surface area contributed by atoms with E-state index in [4.69, 9.17) is 4.74 Å². The third-order valence-electron chi connectivity index (χ3n) is 2.81. The quantitative estimate of drug-likeness (QED) is 0.864. The maximum Gasteiger partial charge on any atom is 0.238 e. The van der Waals surface area contributed by atoms with E-state index in [-0.39, 0.29) is 18.3 Å². The summed E-state index contributed by atoms with van der Waals surface area (Å²) < 4.78 is 18.3. The first-order valence-electron chi connectivity index (χ1n) is 6.56. The van der Waals surface area contributed by atoms with Crippen LogP contribution in [0.4, 0.5) is 0 Å². The first kappa shape index (κ1) is 15.7. The van der Waals surface area contributed by atoms with E-state index in [9.17, 15) is 9.32 Å². The van der Waals surface area contributed by atoms with Gasteiger partial charge in [0.2, 0.25) is 5.16 Å². The van der Waals surface area contributed by atoms with Crippen molar-refractivity contribution >= 4 is 10.8 Å². The second-order valence-corrected chi connectivity index (χ2v) is 6.26. The minimum atomic E-state index is -1.22. The lowest BCUT2D eigenvalue weighted by molar-refractivity contribution is 0.0889. The summed E-state index contributed by atoms with van der Waals surface area (Å²) in [6.45, 7) is 4.40. The minimum Gasteiger partial charge on any atom is -0.491 e. The highest BCUT2D eigenvalue weighted by Gasteiger charge is 2.10. The third-order valence-corrected chi connectivity index (χ3v) is 3.51. The van der Waals surface area contributed by atoms with E-state index < -0.39 is 16.9 Å². The summed E-state index contributed by atoms with van der Waals surface area (Å²) in [4.78, 5) is 3.91. The van der Waals surface area contributed by atoms with Crippen molar-refractivity contribution in [1.82, 2.24) is 14.8 Å². The van der Waals surface area contributed by atoms with E-state index in [0.717, 1.165) is 16.9 Å². The fraction of sp³-hybridized carbons (Fsp3) is 0.429. The molecule has 2 aromatic rings. The molecule has 21 heavy (non-hydrogen) atoms. The lowest BCUT2D eigenvalue weighted by Crippen LogP contribution is -2.24. The first-order valence-corrected chi connectivity index (χ1v) is 8.12. The molecule has 6 nitrogen and oxygen atoms in total. The van der Waals surface area contributed by atoms with Crippen LogP contribution in [0.15, 0.2) is 29.7 Å². The van der Waals surface area contributed by atoms with Gasteiger partial charge in [-0.05, 0) is 37.1 Å². The number of rotatable bonds is 6. The molecule has 2 unspecified atom stereocenters. The average Bonchev–Trinajstić information content (AvgIpc) is 2.84. The lowest BCUT2D eigenvalue weighted by atomic mass is 10.1. The van der Waals surface area contributed by atoms with Crippen LogP contribution in [0, 0.1) is 13.8 Å². The van der Waals surface area contributed by atoms with Gasteiger partial charge in [0.05, 0.1) is 17.3 Å². The van der Waals surface area contributed by atoms with Crippen LogP contribution in [0.5, 0.6) is 5.75 Å². The van der Waals surface area contributed by atoms with Crippen LogP contribution >= 0.6 is 0 Å². The Kier molecular flexibility index (Phi) is 5.08. The van der Waals surface area contributed by atoms with Gasteiger partial charge in [-0.2, -0.15) is 0 Å². The van der Waals surface area contributed by atoms with Gasteiger partial charge in [0.25, 0.3) is 0 Å². The molecule has 0 fully saturated rings. The number of aromatic nitrogens is 3. The highest BCUT2D eigenvalue weighted by Crippen LogP contribution is 2.16.